The van der Waals surface area contributed by atoms with Crippen molar-refractivity contribution in [2.24, 2.45) is 0 Å². The summed E-state index contributed by atoms with van der Waals surface area (Å²) in [6, 6.07) is 11.0. The van der Waals surface area contributed by atoms with Gasteiger partial charge in [-0.25, -0.2) is 21.6 Å². The summed E-state index contributed by atoms with van der Waals surface area (Å²) in [7, 11) is -3.88. The number of alkyl halides is 3. The number of nitrogens with one attached hydrogen (secondary N) is 1. The SMILES string of the molecule is CC(=O)NCc1c(F)cc(OCCCN(Cc2cccc(C(F)(F)F)c2F)CC(C)c2ccc(F)cc2)cc1S(C)(=O)=O. The van der Waals surface area contributed by atoms with Crippen LogP contribution in [-0.2, 0) is 33.9 Å². The molecule has 1 N–H and O–H groups in total. The van der Waals surface area contributed by atoms with Gasteiger partial charge in [0.15, 0.2) is 9.84 Å². The molecule has 0 spiro atoms. The fraction of sp³-hybridized carbons (Fsp3) is 0.367. The Morgan fingerprint density at radius 3 is 2.33 bits per heavy atom. The summed E-state index contributed by atoms with van der Waals surface area (Å²) in [6.07, 6.45) is -3.70. The molecule has 3 aromatic carbocycles. The van der Waals surface area contributed by atoms with Crippen LogP contribution in [0.5, 0.6) is 5.75 Å². The van der Waals surface area contributed by atoms with Gasteiger partial charge in [0, 0.05) is 56.6 Å². The number of sulfone groups is 1. The highest BCUT2D eigenvalue weighted by molar-refractivity contribution is 7.90. The molecule has 1 atom stereocenters. The second-order valence-electron chi connectivity index (χ2n) is 10.2. The van der Waals surface area contributed by atoms with Gasteiger partial charge in [-0.3, -0.25) is 9.69 Å². The van der Waals surface area contributed by atoms with E-state index < -0.39 is 44.9 Å². The number of halogens is 6. The van der Waals surface area contributed by atoms with E-state index in [1.165, 1.54) is 25.1 Å². The molecule has 0 saturated carbocycles. The lowest BCUT2D eigenvalue weighted by Gasteiger charge is -2.27. The first-order valence-corrected chi connectivity index (χ1v) is 15.2. The third-order valence-electron chi connectivity index (χ3n) is 6.68. The number of amides is 1. The zero-order valence-corrected chi connectivity index (χ0v) is 24.6. The molecule has 43 heavy (non-hydrogen) atoms. The Bertz CT molecular complexity index is 1530. The summed E-state index contributed by atoms with van der Waals surface area (Å²) in [5.41, 5.74) is -0.966. The number of nitrogens with zero attached hydrogens (tertiary/aromatic N) is 1. The molecule has 234 valence electrons. The van der Waals surface area contributed by atoms with Crippen molar-refractivity contribution in [1.82, 2.24) is 10.2 Å². The molecule has 1 amide bonds. The molecule has 0 saturated heterocycles. The van der Waals surface area contributed by atoms with Crippen molar-refractivity contribution in [1.29, 1.82) is 0 Å². The first-order chi connectivity index (χ1) is 20.1. The zero-order valence-electron chi connectivity index (χ0n) is 23.8. The van der Waals surface area contributed by atoms with Crippen LogP contribution < -0.4 is 10.1 Å². The van der Waals surface area contributed by atoms with Crippen molar-refractivity contribution in [3.63, 3.8) is 0 Å². The molecule has 0 heterocycles. The standard InChI is InChI=1S/C30H32F6N2O4S/c1-19(21-8-10-23(31)11-9-21)17-38(18-22-6-4-7-26(29(22)33)30(34,35)36)12-5-13-42-24-14-27(32)25(16-37-20(2)39)28(15-24)43(3,40)41/h4,6-11,14-15,19H,5,12-13,16-18H2,1-3H3,(H,37,39). The second kappa shape index (κ2) is 14.3. The molecule has 0 fully saturated rings. The predicted molar refractivity (Wildman–Crippen MR) is 149 cm³/mol. The normalized spacial score (nSPS) is 12.8. The van der Waals surface area contributed by atoms with Crippen LogP contribution in [0.3, 0.4) is 0 Å². The lowest BCUT2D eigenvalue weighted by atomic mass is 10.00. The average Bonchev–Trinajstić information content (AvgIpc) is 2.90. The minimum absolute atomic E-state index is 0.0276. The number of hydrogen-bond acceptors (Lipinski definition) is 5. The minimum atomic E-state index is -4.86. The highest BCUT2D eigenvalue weighted by Crippen LogP contribution is 2.33. The largest absolute Gasteiger partial charge is 0.493 e. The van der Waals surface area contributed by atoms with E-state index in [-0.39, 0.29) is 66.9 Å². The van der Waals surface area contributed by atoms with Crippen LogP contribution in [0, 0.1) is 17.5 Å². The summed E-state index contributed by atoms with van der Waals surface area (Å²) in [4.78, 5) is 12.6. The molecule has 3 aromatic rings. The molecule has 0 radical (unpaired) electrons. The van der Waals surface area contributed by atoms with Crippen molar-refractivity contribution in [2.75, 3.05) is 26.0 Å². The first kappa shape index (κ1) is 33.9. The molecule has 0 aliphatic heterocycles. The van der Waals surface area contributed by atoms with Gasteiger partial charge in [0.2, 0.25) is 5.91 Å². The number of hydrogen-bond donors (Lipinski definition) is 1. The van der Waals surface area contributed by atoms with E-state index in [0.717, 1.165) is 30.0 Å². The van der Waals surface area contributed by atoms with Crippen molar-refractivity contribution < 1.29 is 44.3 Å². The summed E-state index contributed by atoms with van der Waals surface area (Å²) >= 11 is 0. The van der Waals surface area contributed by atoms with Crippen molar-refractivity contribution in [3.8, 4) is 5.75 Å². The third kappa shape index (κ3) is 9.72. The van der Waals surface area contributed by atoms with Crippen LogP contribution in [0.1, 0.15) is 48.4 Å². The van der Waals surface area contributed by atoms with E-state index >= 15 is 0 Å². The van der Waals surface area contributed by atoms with Crippen LogP contribution in [0.4, 0.5) is 26.3 Å². The Balaban J connectivity index is 1.77. The van der Waals surface area contributed by atoms with E-state index in [1.807, 2.05) is 6.92 Å². The molecule has 13 heteroatoms. The zero-order chi connectivity index (χ0) is 31.9. The quantitative estimate of drug-likeness (QED) is 0.179. The van der Waals surface area contributed by atoms with Crippen molar-refractivity contribution in [3.05, 3.63) is 94.3 Å². The second-order valence-corrected chi connectivity index (χ2v) is 12.2. The van der Waals surface area contributed by atoms with Gasteiger partial charge in [-0.2, -0.15) is 13.2 Å². The number of rotatable bonds is 13. The van der Waals surface area contributed by atoms with E-state index in [0.29, 0.717) is 6.07 Å². The first-order valence-electron chi connectivity index (χ1n) is 13.3. The number of ether oxygens (including phenoxy) is 1. The molecule has 1 unspecified atom stereocenters. The van der Waals surface area contributed by atoms with Gasteiger partial charge in [0.25, 0.3) is 0 Å². The minimum Gasteiger partial charge on any atom is -0.493 e. The molecular formula is C30H32F6N2O4S. The summed E-state index contributed by atoms with van der Waals surface area (Å²) in [5.74, 6) is -3.41. The van der Waals surface area contributed by atoms with Gasteiger partial charge in [0.05, 0.1) is 17.1 Å². The van der Waals surface area contributed by atoms with Crippen LogP contribution in [0.2, 0.25) is 0 Å². The molecule has 6 nitrogen and oxygen atoms in total. The maximum Gasteiger partial charge on any atom is 0.419 e. The highest BCUT2D eigenvalue weighted by Gasteiger charge is 2.35. The van der Waals surface area contributed by atoms with Gasteiger partial charge >= 0.3 is 6.18 Å². The summed E-state index contributed by atoms with van der Waals surface area (Å²) < 4.78 is 113. The number of benzene rings is 3. The number of carbonyl (C=O) groups excluding carboxylic acids is 1. The predicted octanol–water partition coefficient (Wildman–Crippen LogP) is 6.24. The lowest BCUT2D eigenvalue weighted by molar-refractivity contribution is -0.140. The molecular weight excluding hydrogens is 598 g/mol. The molecule has 0 aliphatic rings. The molecule has 0 aromatic heterocycles. The van der Waals surface area contributed by atoms with Gasteiger partial charge in [-0.1, -0.05) is 31.2 Å². The molecule has 0 bridgehead atoms. The highest BCUT2D eigenvalue weighted by atomic mass is 32.2. The van der Waals surface area contributed by atoms with Gasteiger partial charge < -0.3 is 10.1 Å². The smallest absolute Gasteiger partial charge is 0.419 e. The van der Waals surface area contributed by atoms with Crippen LogP contribution in [-0.4, -0.2) is 45.2 Å². The van der Waals surface area contributed by atoms with Gasteiger partial charge in [-0.05, 0) is 42.2 Å². The fourth-order valence-electron chi connectivity index (χ4n) is 4.55. The molecule has 3 rings (SSSR count). The maximum absolute atomic E-state index is 14.8. The summed E-state index contributed by atoms with van der Waals surface area (Å²) in [6.45, 7) is 3.04. The van der Waals surface area contributed by atoms with Crippen molar-refractivity contribution >= 4 is 15.7 Å². The average molecular weight is 631 g/mol. The van der Waals surface area contributed by atoms with Gasteiger partial charge in [0.1, 0.15) is 23.2 Å². The van der Waals surface area contributed by atoms with Crippen LogP contribution >= 0.6 is 0 Å². The van der Waals surface area contributed by atoms with Crippen LogP contribution in [0.25, 0.3) is 0 Å². The Morgan fingerprint density at radius 1 is 1.05 bits per heavy atom. The number of carbonyl (C=O) groups is 1. The topological polar surface area (TPSA) is 75.7 Å². The Morgan fingerprint density at radius 2 is 1.72 bits per heavy atom. The lowest BCUT2D eigenvalue weighted by Crippen LogP contribution is -2.30. The Hall–Kier alpha value is -3.58. The molecule has 0 aliphatic carbocycles. The van der Waals surface area contributed by atoms with E-state index in [9.17, 15) is 39.6 Å². The van der Waals surface area contributed by atoms with E-state index in [2.05, 4.69) is 5.32 Å². The third-order valence-corrected chi connectivity index (χ3v) is 7.84. The maximum atomic E-state index is 14.8. The summed E-state index contributed by atoms with van der Waals surface area (Å²) in [5, 5.41) is 2.37. The van der Waals surface area contributed by atoms with Crippen molar-refractivity contribution in [2.45, 2.75) is 50.3 Å². The van der Waals surface area contributed by atoms with Crippen LogP contribution in [0.15, 0.2) is 59.5 Å². The Labute approximate surface area is 246 Å². The van der Waals surface area contributed by atoms with Gasteiger partial charge in [-0.15, -0.1) is 0 Å². The van der Waals surface area contributed by atoms with E-state index in [4.69, 9.17) is 4.74 Å². The fourth-order valence-corrected chi connectivity index (χ4v) is 5.49. The van der Waals surface area contributed by atoms with E-state index in [1.54, 1.807) is 17.0 Å². The Kier molecular flexibility index (Phi) is 11.2. The monoisotopic (exact) mass is 630 g/mol.